The van der Waals surface area contributed by atoms with E-state index in [4.69, 9.17) is 4.74 Å². The van der Waals surface area contributed by atoms with E-state index in [-0.39, 0.29) is 30.4 Å². The molecule has 0 radical (unpaired) electrons. The second-order valence-electron chi connectivity index (χ2n) is 6.99. The van der Waals surface area contributed by atoms with Crippen LogP contribution in [0.25, 0.3) is 0 Å². The first kappa shape index (κ1) is 21.0. The summed E-state index contributed by atoms with van der Waals surface area (Å²) >= 11 is 1.72. The Morgan fingerprint density at radius 2 is 1.74 bits per heavy atom. The van der Waals surface area contributed by atoms with Crippen molar-refractivity contribution in [1.29, 1.82) is 0 Å². The van der Waals surface area contributed by atoms with E-state index in [1.165, 1.54) is 9.75 Å². The van der Waals surface area contributed by atoms with E-state index < -0.39 is 6.04 Å². The highest BCUT2D eigenvalue weighted by molar-refractivity contribution is 7.12. The molecule has 0 aliphatic heterocycles. The number of carbonyl (C=O) groups excluding carboxylic acids is 2. The number of hydrogen-bond donors (Lipinski definition) is 2. The molecule has 1 heterocycles. The van der Waals surface area contributed by atoms with Crippen LogP contribution in [0.5, 0.6) is 5.75 Å². The van der Waals surface area contributed by atoms with Gasteiger partial charge in [0.15, 0.2) is 6.61 Å². The SMILES string of the molecule is Cc1cc(C(C)NC(=O)C(NC(=O)COc2ccccc2)C(C)C)c(C)s1. The Labute approximate surface area is 165 Å². The van der Waals surface area contributed by atoms with Crippen molar-refractivity contribution in [2.75, 3.05) is 6.61 Å². The number of nitrogens with one attached hydrogen (secondary N) is 2. The van der Waals surface area contributed by atoms with Gasteiger partial charge in [0.25, 0.3) is 5.91 Å². The monoisotopic (exact) mass is 388 g/mol. The summed E-state index contributed by atoms with van der Waals surface area (Å²) in [6, 6.07) is 10.5. The summed E-state index contributed by atoms with van der Waals surface area (Å²) in [5.74, 6) is 0.0787. The molecule has 27 heavy (non-hydrogen) atoms. The molecule has 146 valence electrons. The topological polar surface area (TPSA) is 67.4 Å². The van der Waals surface area contributed by atoms with E-state index in [0.29, 0.717) is 5.75 Å². The van der Waals surface area contributed by atoms with Crippen LogP contribution >= 0.6 is 11.3 Å². The van der Waals surface area contributed by atoms with Crippen molar-refractivity contribution in [3.8, 4) is 5.75 Å². The number of para-hydroxylation sites is 1. The number of hydrogen-bond acceptors (Lipinski definition) is 4. The molecule has 2 aromatic rings. The van der Waals surface area contributed by atoms with Gasteiger partial charge in [0.2, 0.25) is 5.91 Å². The summed E-state index contributed by atoms with van der Waals surface area (Å²) in [7, 11) is 0. The average molecular weight is 389 g/mol. The van der Waals surface area contributed by atoms with Crippen LogP contribution in [0.3, 0.4) is 0 Å². The van der Waals surface area contributed by atoms with Gasteiger partial charge in [0, 0.05) is 9.75 Å². The largest absolute Gasteiger partial charge is 0.484 e. The molecular weight excluding hydrogens is 360 g/mol. The molecule has 0 saturated carbocycles. The van der Waals surface area contributed by atoms with Crippen molar-refractivity contribution in [3.05, 3.63) is 51.7 Å². The van der Waals surface area contributed by atoms with Crippen LogP contribution in [0.4, 0.5) is 0 Å². The molecule has 2 unspecified atom stereocenters. The summed E-state index contributed by atoms with van der Waals surface area (Å²) in [4.78, 5) is 27.4. The molecule has 0 saturated heterocycles. The Kier molecular flexibility index (Phi) is 7.42. The summed E-state index contributed by atoms with van der Waals surface area (Å²) < 4.78 is 5.45. The maximum Gasteiger partial charge on any atom is 0.258 e. The van der Waals surface area contributed by atoms with Crippen LogP contribution in [0.1, 0.15) is 42.1 Å². The third-order valence-electron chi connectivity index (χ3n) is 4.28. The summed E-state index contributed by atoms with van der Waals surface area (Å²) in [6.07, 6.45) is 0. The molecule has 1 aromatic heterocycles. The molecule has 2 amide bonds. The Morgan fingerprint density at radius 3 is 2.30 bits per heavy atom. The molecule has 1 aromatic carbocycles. The van der Waals surface area contributed by atoms with Crippen molar-refractivity contribution in [3.63, 3.8) is 0 Å². The predicted molar refractivity (Wildman–Crippen MR) is 109 cm³/mol. The molecule has 2 N–H and O–H groups in total. The fourth-order valence-corrected chi connectivity index (χ4v) is 3.90. The Hall–Kier alpha value is -2.34. The second-order valence-corrected chi connectivity index (χ2v) is 8.45. The minimum atomic E-state index is -0.612. The number of thiophene rings is 1. The standard InChI is InChI=1S/C21H28N2O3S/c1-13(2)20(23-19(24)12-26-17-9-7-6-8-10-17)21(25)22-15(4)18-11-14(3)27-16(18)5/h6-11,13,15,20H,12H2,1-5H3,(H,22,25)(H,23,24). The second kappa shape index (κ2) is 9.55. The molecule has 6 heteroatoms. The lowest BCUT2D eigenvalue weighted by Crippen LogP contribution is -2.51. The van der Waals surface area contributed by atoms with E-state index in [2.05, 4.69) is 30.5 Å². The summed E-state index contributed by atoms with van der Waals surface area (Å²) in [5, 5.41) is 5.81. The molecule has 2 atom stereocenters. The van der Waals surface area contributed by atoms with Crippen LogP contribution in [0.15, 0.2) is 36.4 Å². The van der Waals surface area contributed by atoms with Crippen LogP contribution in [-0.4, -0.2) is 24.5 Å². The fraction of sp³-hybridized carbons (Fsp3) is 0.429. The minimum Gasteiger partial charge on any atom is -0.484 e. The first-order valence-electron chi connectivity index (χ1n) is 9.12. The quantitative estimate of drug-likeness (QED) is 0.723. The van der Waals surface area contributed by atoms with Gasteiger partial charge in [-0.2, -0.15) is 0 Å². The van der Waals surface area contributed by atoms with Gasteiger partial charge in [-0.3, -0.25) is 9.59 Å². The highest BCUT2D eigenvalue weighted by Gasteiger charge is 2.26. The zero-order chi connectivity index (χ0) is 20.0. The highest BCUT2D eigenvalue weighted by Crippen LogP contribution is 2.26. The molecule has 0 fully saturated rings. The molecule has 0 bridgehead atoms. The molecule has 2 rings (SSSR count). The lowest BCUT2D eigenvalue weighted by molar-refractivity contribution is -0.131. The van der Waals surface area contributed by atoms with Crippen molar-refractivity contribution < 1.29 is 14.3 Å². The lowest BCUT2D eigenvalue weighted by atomic mass is 10.0. The molecule has 0 spiro atoms. The lowest BCUT2D eigenvalue weighted by Gasteiger charge is -2.24. The Bertz CT molecular complexity index is 771. The number of rotatable bonds is 8. The van der Waals surface area contributed by atoms with Crippen LogP contribution < -0.4 is 15.4 Å². The van der Waals surface area contributed by atoms with Crippen molar-refractivity contribution >= 4 is 23.2 Å². The number of ether oxygens (including phenoxy) is 1. The maximum absolute atomic E-state index is 12.7. The zero-order valence-electron chi connectivity index (χ0n) is 16.5. The van der Waals surface area contributed by atoms with Gasteiger partial charge in [-0.1, -0.05) is 32.0 Å². The fourth-order valence-electron chi connectivity index (χ4n) is 2.88. The Balaban J connectivity index is 1.94. The highest BCUT2D eigenvalue weighted by atomic mass is 32.1. The number of amides is 2. The van der Waals surface area contributed by atoms with Gasteiger partial charge in [0.05, 0.1) is 6.04 Å². The number of aryl methyl sites for hydroxylation is 2. The molecule has 5 nitrogen and oxygen atoms in total. The Morgan fingerprint density at radius 1 is 1.07 bits per heavy atom. The van der Waals surface area contributed by atoms with Crippen LogP contribution in [0.2, 0.25) is 0 Å². The minimum absolute atomic E-state index is 0.0387. The van der Waals surface area contributed by atoms with Crippen molar-refractivity contribution in [1.82, 2.24) is 10.6 Å². The summed E-state index contributed by atoms with van der Waals surface area (Å²) in [6.45, 7) is 9.77. The van der Waals surface area contributed by atoms with E-state index in [1.807, 2.05) is 39.0 Å². The van der Waals surface area contributed by atoms with Crippen LogP contribution in [-0.2, 0) is 9.59 Å². The number of carbonyl (C=O) groups is 2. The first-order chi connectivity index (χ1) is 12.8. The zero-order valence-corrected chi connectivity index (χ0v) is 17.4. The molecule has 0 aliphatic rings. The summed E-state index contributed by atoms with van der Waals surface area (Å²) in [5.41, 5.74) is 1.12. The third kappa shape index (κ3) is 6.10. The van der Waals surface area contributed by atoms with Gasteiger partial charge < -0.3 is 15.4 Å². The van der Waals surface area contributed by atoms with Gasteiger partial charge in [-0.25, -0.2) is 0 Å². The molecular formula is C21H28N2O3S. The van der Waals surface area contributed by atoms with E-state index in [9.17, 15) is 9.59 Å². The third-order valence-corrected chi connectivity index (χ3v) is 5.27. The van der Waals surface area contributed by atoms with Crippen molar-refractivity contribution in [2.24, 2.45) is 5.92 Å². The van der Waals surface area contributed by atoms with Gasteiger partial charge in [-0.05, 0) is 50.5 Å². The normalized spacial score (nSPS) is 13.1. The van der Waals surface area contributed by atoms with Gasteiger partial charge in [-0.15, -0.1) is 11.3 Å². The smallest absolute Gasteiger partial charge is 0.258 e. The van der Waals surface area contributed by atoms with Gasteiger partial charge in [0.1, 0.15) is 11.8 Å². The maximum atomic E-state index is 12.7. The number of benzene rings is 1. The molecule has 0 aliphatic carbocycles. The van der Waals surface area contributed by atoms with Crippen molar-refractivity contribution in [2.45, 2.75) is 46.7 Å². The predicted octanol–water partition coefficient (Wildman–Crippen LogP) is 3.76. The van der Waals surface area contributed by atoms with Crippen LogP contribution in [0, 0.1) is 19.8 Å². The van der Waals surface area contributed by atoms with E-state index in [0.717, 1.165) is 5.56 Å². The van der Waals surface area contributed by atoms with Gasteiger partial charge >= 0.3 is 0 Å². The van der Waals surface area contributed by atoms with E-state index in [1.54, 1.807) is 23.5 Å². The van der Waals surface area contributed by atoms with E-state index >= 15 is 0 Å². The average Bonchev–Trinajstić information content (AvgIpc) is 2.96. The first-order valence-corrected chi connectivity index (χ1v) is 9.94.